The number of hydrogen-bond acceptors (Lipinski definition) is 4. The molecule has 2 rings (SSSR count). The number of amides is 2. The van der Waals surface area contributed by atoms with E-state index in [0.717, 1.165) is 32.2 Å². The van der Waals surface area contributed by atoms with Gasteiger partial charge in [0.1, 0.15) is 0 Å². The van der Waals surface area contributed by atoms with E-state index in [1.807, 2.05) is 45.9 Å². The molecule has 7 nitrogen and oxygen atoms in total. The molecule has 1 N–H and O–H groups in total. The predicted molar refractivity (Wildman–Crippen MR) is 118 cm³/mol. The molecule has 2 aromatic carbocycles. The summed E-state index contributed by atoms with van der Waals surface area (Å²) in [6, 6.07) is 10.5. The van der Waals surface area contributed by atoms with Crippen molar-refractivity contribution < 1.29 is 18.0 Å². The molecule has 30 heavy (non-hydrogen) atoms. The van der Waals surface area contributed by atoms with Crippen molar-refractivity contribution in [1.29, 1.82) is 0 Å². The summed E-state index contributed by atoms with van der Waals surface area (Å²) in [5.74, 6) is -0.815. The van der Waals surface area contributed by atoms with E-state index in [4.69, 9.17) is 0 Å². The monoisotopic (exact) mass is 431 g/mol. The molecule has 8 heteroatoms. The quantitative estimate of drug-likeness (QED) is 0.730. The lowest BCUT2D eigenvalue weighted by molar-refractivity contribution is -0.133. The number of benzene rings is 2. The van der Waals surface area contributed by atoms with Crippen LogP contribution in [0, 0.1) is 27.7 Å². The number of para-hydroxylation sites is 1. The summed E-state index contributed by atoms with van der Waals surface area (Å²) in [4.78, 5) is 26.2. The van der Waals surface area contributed by atoms with Crippen molar-refractivity contribution in [3.05, 3.63) is 58.7 Å². The van der Waals surface area contributed by atoms with Crippen LogP contribution < -0.4 is 5.32 Å². The Morgan fingerprint density at radius 3 is 2.03 bits per heavy atom. The van der Waals surface area contributed by atoms with Gasteiger partial charge in [0.05, 0.1) is 18.0 Å². The molecule has 0 aliphatic heterocycles. The Morgan fingerprint density at radius 2 is 1.47 bits per heavy atom. The third-order valence-electron chi connectivity index (χ3n) is 5.10. The van der Waals surface area contributed by atoms with Crippen molar-refractivity contribution in [2.24, 2.45) is 0 Å². The normalized spacial score (nSPS) is 11.4. The number of aryl methyl sites for hydroxylation is 4. The van der Waals surface area contributed by atoms with E-state index < -0.39 is 15.9 Å². The molecule has 0 aliphatic rings. The fourth-order valence-corrected chi connectivity index (χ4v) is 4.15. The van der Waals surface area contributed by atoms with E-state index in [1.54, 1.807) is 12.1 Å². The number of nitrogens with zero attached hydrogens (tertiary/aromatic N) is 2. The number of carbonyl (C=O) groups is 2. The molecule has 0 saturated heterocycles. The predicted octanol–water partition coefficient (Wildman–Crippen LogP) is 2.64. The average molecular weight is 432 g/mol. The molecule has 0 spiro atoms. The largest absolute Gasteiger partial charge is 0.335 e. The Bertz CT molecular complexity index is 1040. The topological polar surface area (TPSA) is 86.8 Å². The fraction of sp³-hybridized carbons (Fsp3) is 0.364. The molecule has 0 atom stereocenters. The maximum Gasteiger partial charge on any atom is 0.243 e. The van der Waals surface area contributed by atoms with Gasteiger partial charge in [-0.15, -0.1) is 0 Å². The van der Waals surface area contributed by atoms with E-state index in [9.17, 15) is 18.0 Å². The van der Waals surface area contributed by atoms with Crippen LogP contribution in [0.2, 0.25) is 0 Å². The smallest absolute Gasteiger partial charge is 0.243 e. The van der Waals surface area contributed by atoms with Crippen molar-refractivity contribution in [3.63, 3.8) is 0 Å². The fourth-order valence-electron chi connectivity index (χ4n) is 2.94. The van der Waals surface area contributed by atoms with E-state index in [0.29, 0.717) is 0 Å². The number of anilines is 1. The van der Waals surface area contributed by atoms with Crippen LogP contribution >= 0.6 is 0 Å². The van der Waals surface area contributed by atoms with Gasteiger partial charge in [-0.2, -0.15) is 4.31 Å². The van der Waals surface area contributed by atoms with E-state index in [2.05, 4.69) is 5.32 Å². The number of carbonyl (C=O) groups excluding carboxylic acids is 2. The van der Waals surface area contributed by atoms with Gasteiger partial charge in [0.2, 0.25) is 21.8 Å². The summed E-state index contributed by atoms with van der Waals surface area (Å²) in [6.45, 7) is 6.99. The molecule has 0 heterocycles. The molecular formula is C22H29N3O4S. The first-order valence-corrected chi connectivity index (χ1v) is 11.0. The third-order valence-corrected chi connectivity index (χ3v) is 6.90. The van der Waals surface area contributed by atoms with Crippen LogP contribution in [0.1, 0.15) is 22.3 Å². The van der Waals surface area contributed by atoms with Gasteiger partial charge in [0, 0.05) is 19.8 Å². The number of nitrogens with one attached hydrogen (secondary N) is 1. The lowest BCUT2D eigenvalue weighted by Gasteiger charge is -2.22. The van der Waals surface area contributed by atoms with E-state index in [-0.39, 0.29) is 23.9 Å². The van der Waals surface area contributed by atoms with Crippen LogP contribution in [0.25, 0.3) is 0 Å². The van der Waals surface area contributed by atoms with Gasteiger partial charge in [-0.3, -0.25) is 9.59 Å². The third kappa shape index (κ3) is 5.46. The van der Waals surface area contributed by atoms with Gasteiger partial charge < -0.3 is 10.2 Å². The van der Waals surface area contributed by atoms with Crippen molar-refractivity contribution >= 4 is 27.5 Å². The highest BCUT2D eigenvalue weighted by atomic mass is 32.2. The maximum absolute atomic E-state index is 12.8. The van der Waals surface area contributed by atoms with Crippen molar-refractivity contribution in [2.75, 3.05) is 32.5 Å². The zero-order valence-electron chi connectivity index (χ0n) is 18.3. The number of rotatable bonds is 7. The molecular weight excluding hydrogens is 402 g/mol. The summed E-state index contributed by atoms with van der Waals surface area (Å²) < 4.78 is 26.5. The lowest BCUT2D eigenvalue weighted by atomic mass is 10.1. The zero-order valence-corrected chi connectivity index (χ0v) is 19.1. The first kappa shape index (κ1) is 23.6. The highest BCUT2D eigenvalue weighted by molar-refractivity contribution is 7.89. The van der Waals surface area contributed by atoms with E-state index in [1.165, 1.54) is 25.1 Å². The maximum atomic E-state index is 12.8. The van der Waals surface area contributed by atoms with Gasteiger partial charge in [-0.25, -0.2) is 8.42 Å². The summed E-state index contributed by atoms with van der Waals surface area (Å²) in [6.07, 6.45) is 0. The van der Waals surface area contributed by atoms with Crippen molar-refractivity contribution in [3.8, 4) is 0 Å². The zero-order chi connectivity index (χ0) is 22.6. The van der Waals surface area contributed by atoms with Crippen molar-refractivity contribution in [2.45, 2.75) is 32.6 Å². The van der Waals surface area contributed by atoms with E-state index >= 15 is 0 Å². The minimum Gasteiger partial charge on any atom is -0.335 e. The van der Waals surface area contributed by atoms with Crippen molar-refractivity contribution in [1.82, 2.24) is 9.21 Å². The second kappa shape index (κ2) is 9.40. The van der Waals surface area contributed by atoms with Crippen LogP contribution in [0.5, 0.6) is 0 Å². The highest BCUT2D eigenvalue weighted by Gasteiger charge is 2.25. The van der Waals surface area contributed by atoms with Crippen LogP contribution in [-0.2, 0) is 19.6 Å². The summed E-state index contributed by atoms with van der Waals surface area (Å²) in [7, 11) is -0.980. The Morgan fingerprint density at radius 1 is 0.867 bits per heavy atom. The standard InChI is InChI=1S/C22H29N3O4S/c1-15-10-11-19(12-18(15)4)30(28,29)25(6)14-21(27)24(5)13-20(26)23-22-16(2)8-7-9-17(22)3/h7-12H,13-14H2,1-6H3,(H,23,26). The Kier molecular flexibility index (Phi) is 7.39. The van der Waals surface area contributed by atoms with Gasteiger partial charge >= 0.3 is 0 Å². The van der Waals surface area contributed by atoms with Gasteiger partial charge in [-0.05, 0) is 62.1 Å². The molecule has 0 aromatic heterocycles. The molecule has 0 fully saturated rings. The van der Waals surface area contributed by atoms with Gasteiger partial charge in [0.15, 0.2) is 0 Å². The Hall–Kier alpha value is -2.71. The Balaban J connectivity index is 2.02. The molecule has 0 unspecified atom stereocenters. The second-order valence-electron chi connectivity index (χ2n) is 7.57. The average Bonchev–Trinajstić information content (AvgIpc) is 2.66. The van der Waals surface area contributed by atoms with Crippen LogP contribution in [0.15, 0.2) is 41.3 Å². The molecule has 0 bridgehead atoms. The van der Waals surface area contributed by atoms with Crippen LogP contribution in [-0.4, -0.2) is 56.6 Å². The Labute approximate surface area is 178 Å². The number of sulfonamides is 1. The molecule has 0 saturated carbocycles. The first-order valence-electron chi connectivity index (χ1n) is 9.57. The highest BCUT2D eigenvalue weighted by Crippen LogP contribution is 2.20. The molecule has 2 amide bonds. The molecule has 0 radical (unpaired) electrons. The molecule has 2 aromatic rings. The number of likely N-dealkylation sites (N-methyl/N-ethyl adjacent to an activating group) is 2. The molecule has 162 valence electrons. The summed E-state index contributed by atoms with van der Waals surface area (Å²) in [5, 5.41) is 2.82. The molecule has 0 aliphatic carbocycles. The van der Waals surface area contributed by atoms with Crippen LogP contribution in [0.4, 0.5) is 5.69 Å². The van der Waals surface area contributed by atoms with Crippen LogP contribution in [0.3, 0.4) is 0 Å². The van der Waals surface area contributed by atoms with Gasteiger partial charge in [0.25, 0.3) is 0 Å². The summed E-state index contributed by atoms with van der Waals surface area (Å²) in [5.41, 5.74) is 4.42. The lowest BCUT2D eigenvalue weighted by Crippen LogP contribution is -2.42. The second-order valence-corrected chi connectivity index (χ2v) is 9.62. The SMILES string of the molecule is Cc1ccc(S(=O)(=O)N(C)CC(=O)N(C)CC(=O)Nc2c(C)cccc2C)cc1C. The van der Waals surface area contributed by atoms with Gasteiger partial charge in [-0.1, -0.05) is 24.3 Å². The number of hydrogen-bond donors (Lipinski definition) is 1. The minimum atomic E-state index is -3.81. The minimum absolute atomic E-state index is 0.135. The summed E-state index contributed by atoms with van der Waals surface area (Å²) >= 11 is 0. The first-order chi connectivity index (χ1) is 13.9.